The Labute approximate surface area is 187 Å². The van der Waals surface area contributed by atoms with E-state index in [9.17, 15) is 13.2 Å². The lowest BCUT2D eigenvalue weighted by Crippen LogP contribution is -2.37. The van der Waals surface area contributed by atoms with Crippen LogP contribution in [0.2, 0.25) is 0 Å². The van der Waals surface area contributed by atoms with E-state index in [0.717, 1.165) is 67.5 Å². The van der Waals surface area contributed by atoms with E-state index in [0.29, 0.717) is 18.0 Å². The summed E-state index contributed by atoms with van der Waals surface area (Å²) in [6.45, 7) is 5.07. The van der Waals surface area contributed by atoms with Crippen LogP contribution in [0.15, 0.2) is 36.4 Å². The molecule has 0 bridgehead atoms. The number of rotatable bonds is 4. The summed E-state index contributed by atoms with van der Waals surface area (Å²) >= 11 is 0. The maximum absolute atomic E-state index is 13.0. The maximum Gasteiger partial charge on any atom is 0.416 e. The van der Waals surface area contributed by atoms with Gasteiger partial charge in [-0.1, -0.05) is 12.1 Å². The molecule has 3 aromatic rings. The van der Waals surface area contributed by atoms with E-state index in [-0.39, 0.29) is 0 Å². The van der Waals surface area contributed by atoms with Crippen LogP contribution in [-0.2, 0) is 19.0 Å². The molecular weight excluding hydrogens is 411 g/mol. The summed E-state index contributed by atoms with van der Waals surface area (Å²) in [6.07, 6.45) is 1.83. The first-order valence-corrected chi connectivity index (χ1v) is 11.7. The Morgan fingerprint density at radius 2 is 1.72 bits per heavy atom. The zero-order valence-corrected chi connectivity index (χ0v) is 18.7. The third-order valence-electron chi connectivity index (χ3n) is 7.33. The first-order valence-electron chi connectivity index (χ1n) is 11.7. The number of nitrogens with one attached hydrogen (secondary N) is 1. The first-order chi connectivity index (χ1) is 15.3. The van der Waals surface area contributed by atoms with Gasteiger partial charge < -0.3 is 9.88 Å². The number of hydrogen-bond donors (Lipinski definition) is 1. The lowest BCUT2D eigenvalue weighted by atomic mass is 9.90. The van der Waals surface area contributed by atoms with Crippen molar-refractivity contribution in [3.63, 3.8) is 0 Å². The molecule has 2 aromatic carbocycles. The quantitative estimate of drug-likeness (QED) is 0.525. The Bertz CT molecular complexity index is 1120. The van der Waals surface area contributed by atoms with Gasteiger partial charge in [-0.3, -0.25) is 0 Å². The number of aromatic nitrogens is 2. The second-order valence-electron chi connectivity index (χ2n) is 9.69. The highest BCUT2D eigenvalue weighted by atomic mass is 19.4. The van der Waals surface area contributed by atoms with Crippen molar-refractivity contribution in [1.29, 1.82) is 0 Å². The van der Waals surface area contributed by atoms with E-state index < -0.39 is 11.7 Å². The lowest BCUT2D eigenvalue weighted by molar-refractivity contribution is -0.137. The van der Waals surface area contributed by atoms with Crippen molar-refractivity contribution in [2.75, 3.05) is 6.54 Å². The molecule has 1 unspecified atom stereocenters. The molecule has 6 heteroatoms. The van der Waals surface area contributed by atoms with Crippen LogP contribution in [0.1, 0.15) is 59.8 Å². The summed E-state index contributed by atoms with van der Waals surface area (Å²) < 4.78 is 41.4. The lowest BCUT2D eigenvalue weighted by Gasteiger charge is -2.31. The van der Waals surface area contributed by atoms with Crippen LogP contribution in [0.3, 0.4) is 0 Å². The van der Waals surface area contributed by atoms with Crippen LogP contribution in [0.5, 0.6) is 0 Å². The molecule has 0 amide bonds. The number of nitrogens with zero attached hydrogens (tertiary/aromatic N) is 2. The van der Waals surface area contributed by atoms with Gasteiger partial charge in [-0.05, 0) is 106 Å². The molecule has 1 atom stereocenters. The number of hydrogen-bond acceptors (Lipinski definition) is 2. The summed E-state index contributed by atoms with van der Waals surface area (Å²) in [5, 5.41) is 3.72. The van der Waals surface area contributed by atoms with Crippen molar-refractivity contribution in [1.82, 2.24) is 14.9 Å². The van der Waals surface area contributed by atoms with Crippen LogP contribution in [-0.4, -0.2) is 22.1 Å². The maximum atomic E-state index is 13.0. The summed E-state index contributed by atoms with van der Waals surface area (Å²) in [5.74, 6) is 1.47. The largest absolute Gasteiger partial charge is 0.416 e. The highest BCUT2D eigenvalue weighted by Crippen LogP contribution is 2.36. The molecule has 3 nitrogen and oxygen atoms in total. The summed E-state index contributed by atoms with van der Waals surface area (Å²) in [4.78, 5) is 4.77. The Morgan fingerprint density at radius 3 is 2.47 bits per heavy atom. The third-order valence-corrected chi connectivity index (χ3v) is 7.33. The predicted molar refractivity (Wildman–Crippen MR) is 121 cm³/mol. The van der Waals surface area contributed by atoms with Gasteiger partial charge in [-0.2, -0.15) is 13.2 Å². The van der Waals surface area contributed by atoms with Gasteiger partial charge in [0.1, 0.15) is 5.82 Å². The zero-order valence-electron chi connectivity index (χ0n) is 18.7. The highest BCUT2D eigenvalue weighted by molar-refractivity contribution is 5.77. The minimum Gasteiger partial charge on any atom is -0.325 e. The number of fused-ring (bicyclic) bond motifs is 2. The molecule has 5 rings (SSSR count). The van der Waals surface area contributed by atoms with Gasteiger partial charge in [0.05, 0.1) is 16.6 Å². The predicted octanol–water partition coefficient (Wildman–Crippen LogP) is 6.16. The van der Waals surface area contributed by atoms with E-state index in [4.69, 9.17) is 4.98 Å². The van der Waals surface area contributed by atoms with E-state index in [2.05, 4.69) is 41.9 Å². The number of imidazole rings is 1. The molecule has 2 aliphatic carbocycles. The fraction of sp³-hybridized carbons (Fsp3) is 0.500. The van der Waals surface area contributed by atoms with Gasteiger partial charge in [0.25, 0.3) is 0 Å². The average Bonchev–Trinajstić information content (AvgIpc) is 3.30. The van der Waals surface area contributed by atoms with Crippen molar-refractivity contribution < 1.29 is 13.2 Å². The van der Waals surface area contributed by atoms with Crippen molar-refractivity contribution in [2.45, 2.75) is 70.6 Å². The van der Waals surface area contributed by atoms with Gasteiger partial charge in [-0.15, -0.1) is 0 Å². The monoisotopic (exact) mass is 441 g/mol. The normalized spacial score (nSPS) is 23.6. The molecule has 32 heavy (non-hydrogen) atoms. The standard InChI is InChI=1S/C26H30F3N3/c1-16-3-10-25-24(11-16)31-17(2)32(25)23-8-6-22(7-9-23)30-15-18-12-19-4-5-21(26(27,28)29)14-20(19)13-18/h3-5,10-11,14,18,22-23,30H,6-9,12-13,15H2,1-2H3/t18?,22-,23+. The molecule has 0 radical (unpaired) electrons. The highest BCUT2D eigenvalue weighted by Gasteiger charge is 2.33. The Balaban J connectivity index is 1.16. The average molecular weight is 442 g/mol. The minimum atomic E-state index is -4.26. The smallest absolute Gasteiger partial charge is 0.325 e. The van der Waals surface area contributed by atoms with E-state index in [1.54, 1.807) is 6.07 Å². The van der Waals surface area contributed by atoms with Gasteiger partial charge >= 0.3 is 6.18 Å². The molecule has 1 saturated carbocycles. The topological polar surface area (TPSA) is 29.9 Å². The van der Waals surface area contributed by atoms with Crippen molar-refractivity contribution in [3.05, 3.63) is 64.5 Å². The van der Waals surface area contributed by atoms with Crippen LogP contribution in [0, 0.1) is 19.8 Å². The Morgan fingerprint density at radius 1 is 0.969 bits per heavy atom. The van der Waals surface area contributed by atoms with Crippen molar-refractivity contribution in [3.8, 4) is 0 Å². The minimum absolute atomic E-state index is 0.384. The molecule has 1 heterocycles. The fourth-order valence-electron chi connectivity index (χ4n) is 5.69. The summed E-state index contributed by atoms with van der Waals surface area (Å²) in [6, 6.07) is 11.7. The number of alkyl halides is 3. The molecular formula is C26H30F3N3. The van der Waals surface area contributed by atoms with Gasteiger partial charge in [0.15, 0.2) is 0 Å². The summed E-state index contributed by atoms with van der Waals surface area (Å²) in [5.41, 5.74) is 4.96. The molecule has 0 spiro atoms. The van der Waals surface area contributed by atoms with Gasteiger partial charge in [0.2, 0.25) is 0 Å². The molecule has 170 valence electrons. The van der Waals surface area contributed by atoms with Crippen LogP contribution in [0.25, 0.3) is 11.0 Å². The fourth-order valence-corrected chi connectivity index (χ4v) is 5.69. The third kappa shape index (κ3) is 4.17. The first kappa shape index (κ1) is 21.5. The number of halogens is 3. The van der Waals surface area contributed by atoms with E-state index >= 15 is 0 Å². The molecule has 2 aliphatic rings. The Kier molecular flexibility index (Phi) is 5.52. The van der Waals surface area contributed by atoms with Crippen molar-refractivity contribution >= 4 is 11.0 Å². The van der Waals surface area contributed by atoms with Gasteiger partial charge in [-0.25, -0.2) is 4.98 Å². The number of aryl methyl sites for hydroxylation is 2. The Hall–Kier alpha value is -2.34. The van der Waals surface area contributed by atoms with E-state index in [1.807, 2.05) is 0 Å². The van der Waals surface area contributed by atoms with Crippen LogP contribution >= 0.6 is 0 Å². The SMILES string of the molecule is Cc1ccc2c(c1)nc(C)n2[C@H]1CC[C@@H](NCC2Cc3ccc(C(F)(F)F)cc3C2)CC1. The molecule has 1 aromatic heterocycles. The molecule has 1 N–H and O–H groups in total. The zero-order chi connectivity index (χ0) is 22.5. The molecule has 0 saturated heterocycles. The van der Waals surface area contributed by atoms with Gasteiger partial charge in [0, 0.05) is 12.1 Å². The van der Waals surface area contributed by atoms with Crippen LogP contribution < -0.4 is 5.32 Å². The van der Waals surface area contributed by atoms with Crippen molar-refractivity contribution in [2.24, 2.45) is 5.92 Å². The second-order valence-corrected chi connectivity index (χ2v) is 9.69. The second kappa shape index (κ2) is 8.22. The van der Waals surface area contributed by atoms with E-state index in [1.165, 1.54) is 23.2 Å². The van der Waals surface area contributed by atoms with Crippen LogP contribution in [0.4, 0.5) is 13.2 Å². The molecule has 0 aliphatic heterocycles. The number of benzene rings is 2. The summed E-state index contributed by atoms with van der Waals surface area (Å²) in [7, 11) is 0. The molecule has 1 fully saturated rings.